The van der Waals surface area contributed by atoms with Gasteiger partial charge in [-0.25, -0.2) is 0 Å². The van der Waals surface area contributed by atoms with E-state index in [1.54, 1.807) is 21.3 Å². The SMILES string of the molecule is COc1cc(C(CCN(CCCl)CCCl)c2ccc3c(c2)OCO3)cc(OC)c1OC. The predicted molar refractivity (Wildman–Crippen MR) is 123 cm³/mol. The fourth-order valence-corrected chi connectivity index (χ4v) is 4.32. The van der Waals surface area contributed by atoms with E-state index in [1.165, 1.54) is 0 Å². The van der Waals surface area contributed by atoms with Crippen molar-refractivity contribution in [3.63, 3.8) is 0 Å². The first-order chi connectivity index (χ1) is 15.1. The van der Waals surface area contributed by atoms with E-state index in [2.05, 4.69) is 11.0 Å². The number of alkyl halides is 2. The summed E-state index contributed by atoms with van der Waals surface area (Å²) in [4.78, 5) is 2.28. The predicted octanol–water partition coefficient (Wildman–Crippen LogP) is 4.74. The van der Waals surface area contributed by atoms with Crippen LogP contribution in [0.25, 0.3) is 0 Å². The Balaban J connectivity index is 1.99. The summed E-state index contributed by atoms with van der Waals surface area (Å²) in [5, 5.41) is 0. The van der Waals surface area contributed by atoms with Gasteiger partial charge in [0.05, 0.1) is 21.3 Å². The molecule has 1 atom stereocenters. The number of ether oxygens (including phenoxy) is 5. The number of benzene rings is 2. The summed E-state index contributed by atoms with van der Waals surface area (Å²) < 4.78 is 27.8. The lowest BCUT2D eigenvalue weighted by Crippen LogP contribution is -2.30. The van der Waals surface area contributed by atoms with Gasteiger partial charge in [0, 0.05) is 30.8 Å². The van der Waals surface area contributed by atoms with E-state index in [0.717, 1.165) is 48.7 Å². The van der Waals surface area contributed by atoms with E-state index in [1.807, 2.05) is 24.3 Å². The Bertz CT molecular complexity index is 833. The van der Waals surface area contributed by atoms with Crippen LogP contribution in [-0.2, 0) is 0 Å². The molecule has 0 saturated heterocycles. The highest BCUT2D eigenvalue weighted by atomic mass is 35.5. The van der Waals surface area contributed by atoms with E-state index in [0.29, 0.717) is 29.0 Å². The molecule has 1 aliphatic rings. The monoisotopic (exact) mass is 469 g/mol. The van der Waals surface area contributed by atoms with Gasteiger partial charge in [-0.2, -0.15) is 0 Å². The van der Waals surface area contributed by atoms with Crippen LogP contribution in [-0.4, -0.2) is 64.4 Å². The lowest BCUT2D eigenvalue weighted by molar-refractivity contribution is 0.174. The minimum Gasteiger partial charge on any atom is -0.493 e. The Morgan fingerprint density at radius 2 is 1.48 bits per heavy atom. The molecule has 2 aromatic rings. The molecule has 31 heavy (non-hydrogen) atoms. The molecular weight excluding hydrogens is 441 g/mol. The van der Waals surface area contributed by atoms with Crippen molar-refractivity contribution in [3.8, 4) is 28.7 Å². The third-order valence-corrected chi connectivity index (χ3v) is 5.76. The molecule has 1 aliphatic heterocycles. The number of methoxy groups -OCH3 is 3. The molecule has 0 fully saturated rings. The van der Waals surface area contributed by atoms with E-state index in [4.69, 9.17) is 46.9 Å². The molecule has 2 aromatic carbocycles. The summed E-state index contributed by atoms with van der Waals surface area (Å²) in [6.45, 7) is 2.66. The normalized spacial score (nSPS) is 13.4. The second-order valence-electron chi connectivity index (χ2n) is 7.13. The van der Waals surface area contributed by atoms with Crippen molar-refractivity contribution >= 4 is 23.2 Å². The van der Waals surface area contributed by atoms with Gasteiger partial charge in [0.15, 0.2) is 23.0 Å². The van der Waals surface area contributed by atoms with Gasteiger partial charge in [0.25, 0.3) is 0 Å². The topological polar surface area (TPSA) is 49.4 Å². The largest absolute Gasteiger partial charge is 0.493 e. The second kappa shape index (κ2) is 11.6. The van der Waals surface area contributed by atoms with Crippen LogP contribution in [0.15, 0.2) is 30.3 Å². The fraction of sp³-hybridized carbons (Fsp3) is 0.478. The maximum atomic E-state index is 6.00. The zero-order valence-electron chi connectivity index (χ0n) is 18.2. The van der Waals surface area contributed by atoms with Crippen molar-refractivity contribution in [2.45, 2.75) is 12.3 Å². The summed E-state index contributed by atoms with van der Waals surface area (Å²) in [7, 11) is 4.85. The highest BCUT2D eigenvalue weighted by molar-refractivity contribution is 6.18. The van der Waals surface area contributed by atoms with E-state index < -0.39 is 0 Å². The number of rotatable bonds is 12. The quantitative estimate of drug-likeness (QED) is 0.418. The van der Waals surface area contributed by atoms with Gasteiger partial charge >= 0.3 is 0 Å². The molecule has 0 N–H and O–H groups in total. The molecule has 8 heteroatoms. The van der Waals surface area contributed by atoms with E-state index >= 15 is 0 Å². The molecule has 0 saturated carbocycles. The summed E-state index contributed by atoms with van der Waals surface area (Å²) in [5.41, 5.74) is 2.18. The number of fused-ring (bicyclic) bond motifs is 1. The van der Waals surface area contributed by atoms with Crippen LogP contribution in [0, 0.1) is 0 Å². The molecule has 0 radical (unpaired) electrons. The molecule has 1 heterocycles. The van der Waals surface area contributed by atoms with Crippen molar-refractivity contribution in [3.05, 3.63) is 41.5 Å². The molecule has 0 aromatic heterocycles. The smallest absolute Gasteiger partial charge is 0.231 e. The molecule has 1 unspecified atom stereocenters. The minimum atomic E-state index is 0.0661. The second-order valence-corrected chi connectivity index (χ2v) is 7.89. The zero-order valence-corrected chi connectivity index (χ0v) is 19.7. The van der Waals surface area contributed by atoms with Crippen molar-refractivity contribution < 1.29 is 23.7 Å². The molecule has 0 aliphatic carbocycles. The molecular formula is C23H29Cl2NO5. The summed E-state index contributed by atoms with van der Waals surface area (Å²) in [6, 6.07) is 10.1. The van der Waals surface area contributed by atoms with Crippen molar-refractivity contribution in [1.82, 2.24) is 4.90 Å². The van der Waals surface area contributed by atoms with Gasteiger partial charge in [-0.15, -0.1) is 23.2 Å². The lowest BCUT2D eigenvalue weighted by atomic mass is 9.87. The summed E-state index contributed by atoms with van der Waals surface area (Å²) in [5.74, 6) is 4.54. The highest BCUT2D eigenvalue weighted by Gasteiger charge is 2.23. The maximum Gasteiger partial charge on any atom is 0.231 e. The van der Waals surface area contributed by atoms with Crippen molar-refractivity contribution in [1.29, 1.82) is 0 Å². The zero-order chi connectivity index (χ0) is 22.2. The third kappa shape index (κ3) is 5.62. The van der Waals surface area contributed by atoms with Crippen LogP contribution >= 0.6 is 23.2 Å². The van der Waals surface area contributed by atoms with E-state index in [9.17, 15) is 0 Å². The van der Waals surface area contributed by atoms with Crippen LogP contribution in [0.2, 0.25) is 0 Å². The van der Waals surface area contributed by atoms with Crippen LogP contribution in [0.4, 0.5) is 0 Å². The average Bonchev–Trinajstić information content (AvgIpc) is 3.26. The van der Waals surface area contributed by atoms with Gasteiger partial charge in [-0.05, 0) is 48.4 Å². The molecule has 6 nitrogen and oxygen atoms in total. The fourth-order valence-electron chi connectivity index (χ4n) is 3.84. The van der Waals surface area contributed by atoms with Crippen LogP contribution < -0.4 is 23.7 Å². The van der Waals surface area contributed by atoms with Crippen LogP contribution in [0.1, 0.15) is 23.5 Å². The number of hydrogen-bond acceptors (Lipinski definition) is 6. The summed E-state index contributed by atoms with van der Waals surface area (Å²) >= 11 is 12.0. The van der Waals surface area contributed by atoms with Crippen molar-refractivity contribution in [2.75, 3.05) is 59.5 Å². The number of nitrogens with zero attached hydrogens (tertiary/aromatic N) is 1. The molecule has 3 rings (SSSR count). The third-order valence-electron chi connectivity index (χ3n) is 5.42. The standard InChI is InChI=1S/C23H29Cl2NO5/c1-27-21-13-17(14-22(28-2)23(21)29-3)18(6-9-26(10-7-24)11-8-25)16-4-5-19-20(12-16)31-15-30-19/h4-5,12-14,18H,6-11,15H2,1-3H3. The molecule has 170 valence electrons. The van der Waals surface area contributed by atoms with Gasteiger partial charge in [0.2, 0.25) is 12.5 Å². The average molecular weight is 470 g/mol. The maximum absolute atomic E-state index is 6.00. The van der Waals surface area contributed by atoms with E-state index in [-0.39, 0.29) is 12.7 Å². The Morgan fingerprint density at radius 3 is 2.06 bits per heavy atom. The van der Waals surface area contributed by atoms with Gasteiger partial charge < -0.3 is 28.6 Å². The van der Waals surface area contributed by atoms with Gasteiger partial charge in [-0.3, -0.25) is 0 Å². The highest BCUT2D eigenvalue weighted by Crippen LogP contribution is 2.43. The lowest BCUT2D eigenvalue weighted by Gasteiger charge is -2.25. The molecule has 0 spiro atoms. The van der Waals surface area contributed by atoms with Crippen LogP contribution in [0.3, 0.4) is 0 Å². The number of halogens is 2. The Labute approximate surface area is 193 Å². The first-order valence-electron chi connectivity index (χ1n) is 10.2. The molecule has 0 bridgehead atoms. The van der Waals surface area contributed by atoms with Crippen LogP contribution in [0.5, 0.6) is 28.7 Å². The van der Waals surface area contributed by atoms with Gasteiger partial charge in [-0.1, -0.05) is 6.07 Å². The Morgan fingerprint density at radius 1 is 0.839 bits per heavy atom. The van der Waals surface area contributed by atoms with Crippen molar-refractivity contribution in [2.24, 2.45) is 0 Å². The summed E-state index contributed by atoms with van der Waals surface area (Å²) in [6.07, 6.45) is 0.853. The minimum absolute atomic E-state index is 0.0661. The Kier molecular flexibility index (Phi) is 8.81. The first kappa shape index (κ1) is 23.6. The molecule has 0 amide bonds. The first-order valence-corrected chi connectivity index (χ1v) is 11.3. The number of hydrogen-bond donors (Lipinski definition) is 0. The van der Waals surface area contributed by atoms with Gasteiger partial charge in [0.1, 0.15) is 0 Å². The Hall–Kier alpha value is -2.02.